The summed E-state index contributed by atoms with van der Waals surface area (Å²) in [6.07, 6.45) is 7.15. The zero-order valence-corrected chi connectivity index (χ0v) is 25.0. The molecule has 0 radical (unpaired) electrons. The van der Waals surface area contributed by atoms with Crippen LogP contribution in [0.1, 0.15) is 75.3 Å². The molecule has 2 fully saturated rings. The van der Waals surface area contributed by atoms with E-state index in [4.69, 9.17) is 18.9 Å². The lowest BCUT2D eigenvalue weighted by atomic mass is 9.74. The Morgan fingerprint density at radius 3 is 2.12 bits per heavy atom. The summed E-state index contributed by atoms with van der Waals surface area (Å²) in [4.78, 5) is 28.0. The van der Waals surface area contributed by atoms with Gasteiger partial charge in [-0.05, 0) is 61.8 Å². The maximum atomic E-state index is 15.2. The summed E-state index contributed by atoms with van der Waals surface area (Å²) in [6, 6.07) is 12.5. The van der Waals surface area contributed by atoms with Crippen LogP contribution < -0.4 is 14.2 Å². The predicted molar refractivity (Wildman–Crippen MR) is 156 cm³/mol. The van der Waals surface area contributed by atoms with Crippen molar-refractivity contribution in [1.29, 1.82) is 0 Å². The van der Waals surface area contributed by atoms with Gasteiger partial charge in [-0.3, -0.25) is 0 Å². The van der Waals surface area contributed by atoms with Crippen molar-refractivity contribution in [3.63, 3.8) is 0 Å². The molecule has 1 unspecified atom stereocenters. The molecule has 2 aliphatic rings. The van der Waals surface area contributed by atoms with E-state index in [1.165, 1.54) is 0 Å². The zero-order chi connectivity index (χ0) is 29.4. The lowest BCUT2D eigenvalue weighted by Crippen LogP contribution is -2.70. The Hall–Kier alpha value is -3.10. The number of piperidine rings is 1. The van der Waals surface area contributed by atoms with E-state index in [1.807, 2.05) is 49.4 Å². The van der Waals surface area contributed by atoms with Crippen LogP contribution in [0.4, 0.5) is 0 Å². The summed E-state index contributed by atoms with van der Waals surface area (Å²) < 4.78 is 23.0. The van der Waals surface area contributed by atoms with Gasteiger partial charge in [-0.15, -0.1) is 0 Å². The number of quaternary nitrogens is 1. The number of likely N-dealkylation sites (tertiary alicyclic amines) is 1. The summed E-state index contributed by atoms with van der Waals surface area (Å²) in [5.74, 6) is 0.114. The van der Waals surface area contributed by atoms with Crippen LogP contribution in [0.3, 0.4) is 0 Å². The van der Waals surface area contributed by atoms with Crippen LogP contribution >= 0.6 is 0 Å². The number of hydrogen-bond acceptors (Lipinski definition) is 6. The van der Waals surface area contributed by atoms with E-state index in [0.29, 0.717) is 36.8 Å². The fourth-order valence-electron chi connectivity index (χ4n) is 7.10. The molecule has 224 valence electrons. The van der Waals surface area contributed by atoms with Crippen LogP contribution in [0.2, 0.25) is 0 Å². The fourth-order valence-corrected chi connectivity index (χ4v) is 7.10. The monoisotopic (exact) mass is 568 g/mol. The lowest BCUT2D eigenvalue weighted by Gasteiger charge is -2.49. The minimum atomic E-state index is -0.916. The van der Waals surface area contributed by atoms with Crippen molar-refractivity contribution in [3.05, 3.63) is 53.6 Å². The number of aliphatic carboxylic acids is 1. The van der Waals surface area contributed by atoms with E-state index in [0.717, 1.165) is 56.1 Å². The van der Waals surface area contributed by atoms with Crippen LogP contribution in [0.25, 0.3) is 0 Å². The van der Waals surface area contributed by atoms with Gasteiger partial charge in [0, 0.05) is 6.42 Å². The second kappa shape index (κ2) is 14.2. The standard InChI is InChI=1S/C33H45NO7/c1-23(21-41-22-24-13-7-5-8-14-24)34(18-12-11-17-27(34)33(36)37)32(35)30(25-15-9-6-10-16-25)26-19-28(38-2)31(40-4)29(20-26)39-3/h5,7-8,13-14,19-20,23,25,27,30H,6,9-12,15-18,21-22H2,1-4H3/p+1/t23-,27?,30+,34-/m1/s1. The minimum absolute atomic E-state index is 0.0333. The maximum Gasteiger partial charge on any atom is 0.363 e. The molecular formula is C33H46NO7+. The van der Waals surface area contributed by atoms with Crippen LogP contribution in [0.5, 0.6) is 17.2 Å². The number of ether oxygens (including phenoxy) is 4. The molecule has 8 heteroatoms. The Morgan fingerprint density at radius 2 is 1.54 bits per heavy atom. The lowest BCUT2D eigenvalue weighted by molar-refractivity contribution is -0.900. The van der Waals surface area contributed by atoms with Crippen molar-refractivity contribution >= 4 is 11.9 Å². The van der Waals surface area contributed by atoms with E-state index in [-0.39, 0.29) is 29.0 Å². The van der Waals surface area contributed by atoms with Crippen molar-refractivity contribution in [3.8, 4) is 17.2 Å². The maximum absolute atomic E-state index is 15.2. The molecule has 0 aromatic heterocycles. The predicted octanol–water partition coefficient (Wildman–Crippen LogP) is 5.96. The van der Waals surface area contributed by atoms with Gasteiger partial charge in [-0.1, -0.05) is 49.6 Å². The van der Waals surface area contributed by atoms with Crippen molar-refractivity contribution in [2.24, 2.45) is 5.92 Å². The molecule has 1 heterocycles. The van der Waals surface area contributed by atoms with Gasteiger partial charge in [0.05, 0.1) is 41.1 Å². The highest BCUT2D eigenvalue weighted by atomic mass is 16.5. The normalized spacial score (nSPS) is 22.9. The smallest absolute Gasteiger partial charge is 0.363 e. The highest BCUT2D eigenvalue weighted by molar-refractivity contribution is 5.83. The molecule has 0 bridgehead atoms. The zero-order valence-electron chi connectivity index (χ0n) is 25.0. The average molecular weight is 569 g/mol. The molecule has 1 N–H and O–H groups in total. The van der Waals surface area contributed by atoms with E-state index in [9.17, 15) is 9.90 Å². The molecule has 41 heavy (non-hydrogen) atoms. The largest absolute Gasteiger partial charge is 0.493 e. The second-order valence-corrected chi connectivity index (χ2v) is 11.5. The third-order valence-corrected chi connectivity index (χ3v) is 9.20. The molecule has 4 rings (SSSR count). The SMILES string of the molecule is COc1cc([C@@H](C(=O)[N@@+]2([C@H](C)COCc3ccccc3)CCCCC2C(=O)O)C2CCCCC2)cc(OC)c1OC. The van der Waals surface area contributed by atoms with Gasteiger partial charge in [0.1, 0.15) is 12.0 Å². The highest BCUT2D eigenvalue weighted by Gasteiger charge is 2.56. The van der Waals surface area contributed by atoms with E-state index >= 15 is 4.79 Å². The Labute approximate surface area is 244 Å². The number of rotatable bonds is 12. The molecular weight excluding hydrogens is 522 g/mol. The first kappa shape index (κ1) is 30.8. The van der Waals surface area contributed by atoms with Gasteiger partial charge >= 0.3 is 11.9 Å². The summed E-state index contributed by atoms with van der Waals surface area (Å²) in [5.41, 5.74) is 1.84. The molecule has 4 atom stereocenters. The Kier molecular flexibility index (Phi) is 10.7. The number of carboxylic acids is 1. The molecule has 2 aromatic carbocycles. The van der Waals surface area contributed by atoms with E-state index < -0.39 is 17.9 Å². The molecule has 8 nitrogen and oxygen atoms in total. The van der Waals surface area contributed by atoms with Gasteiger partial charge in [-0.2, -0.15) is 0 Å². The number of hydrogen-bond donors (Lipinski definition) is 1. The molecule has 1 amide bonds. The third-order valence-electron chi connectivity index (χ3n) is 9.20. The molecule has 1 saturated carbocycles. The highest BCUT2D eigenvalue weighted by Crippen LogP contribution is 2.47. The van der Waals surface area contributed by atoms with Crippen molar-refractivity contribution in [2.75, 3.05) is 34.5 Å². The molecule has 1 aliphatic heterocycles. The topological polar surface area (TPSA) is 91.3 Å². The molecule has 1 saturated heterocycles. The van der Waals surface area contributed by atoms with Crippen molar-refractivity contribution in [1.82, 2.24) is 0 Å². The Bertz CT molecular complexity index is 1140. The first-order valence-corrected chi connectivity index (χ1v) is 14.9. The van der Waals surface area contributed by atoms with Gasteiger partial charge in [-0.25, -0.2) is 14.1 Å². The number of amides is 1. The second-order valence-electron chi connectivity index (χ2n) is 11.5. The first-order valence-electron chi connectivity index (χ1n) is 14.9. The van der Waals surface area contributed by atoms with E-state index in [2.05, 4.69) is 0 Å². The molecule has 1 aliphatic carbocycles. The van der Waals surface area contributed by atoms with Gasteiger partial charge in [0.15, 0.2) is 17.5 Å². The summed E-state index contributed by atoms with van der Waals surface area (Å²) in [5, 5.41) is 10.5. The first-order chi connectivity index (χ1) is 19.9. The minimum Gasteiger partial charge on any atom is -0.493 e. The summed E-state index contributed by atoms with van der Waals surface area (Å²) >= 11 is 0. The quantitative estimate of drug-likeness (QED) is 0.316. The van der Waals surface area contributed by atoms with Crippen LogP contribution in [-0.2, 0) is 20.9 Å². The van der Waals surface area contributed by atoms with Gasteiger partial charge in [0.25, 0.3) is 0 Å². The fraction of sp³-hybridized carbons (Fsp3) is 0.576. The number of carbonyl (C=O) groups is 2. The molecule has 0 spiro atoms. The number of methoxy groups -OCH3 is 3. The number of carbonyl (C=O) groups excluding carboxylic acids is 1. The summed E-state index contributed by atoms with van der Waals surface area (Å²) in [6.45, 7) is 3.17. The van der Waals surface area contributed by atoms with Crippen LogP contribution in [0, 0.1) is 5.92 Å². The average Bonchev–Trinajstić information content (AvgIpc) is 3.01. The van der Waals surface area contributed by atoms with Gasteiger partial charge < -0.3 is 24.1 Å². The number of nitrogens with zero attached hydrogens (tertiary/aromatic N) is 1. The van der Waals surface area contributed by atoms with Gasteiger partial charge in [0.2, 0.25) is 5.75 Å². The van der Waals surface area contributed by atoms with Crippen molar-refractivity contribution in [2.45, 2.75) is 82.9 Å². The van der Waals surface area contributed by atoms with E-state index in [1.54, 1.807) is 21.3 Å². The Balaban J connectivity index is 1.78. The molecule has 2 aromatic rings. The summed E-state index contributed by atoms with van der Waals surface area (Å²) in [7, 11) is 4.71. The van der Waals surface area contributed by atoms with Crippen molar-refractivity contribution < 1.29 is 38.1 Å². The number of carboxylic acid groups (broad SMARTS) is 1. The van der Waals surface area contributed by atoms with Crippen LogP contribution in [-0.4, -0.2) is 68.0 Å². The number of benzene rings is 2. The third kappa shape index (κ3) is 6.54. The Morgan fingerprint density at radius 1 is 0.902 bits per heavy atom. The van der Waals surface area contributed by atoms with Crippen LogP contribution in [0.15, 0.2) is 42.5 Å².